The first-order chi connectivity index (χ1) is 17.9. The highest BCUT2D eigenvalue weighted by molar-refractivity contribution is 5.72. The highest BCUT2D eigenvalue weighted by Gasteiger charge is 2.25. The standard InChI is InChI=1S/C31H33F5O/c1-2-3-5-8-20-11-13-21(14-12-20)15-16-24-26(32)19-25(22-9-6-4-7-10-22)31(29(24)35)37-23-17-27(33)30(36)28(34)18-23/h4,6-7,9-10,17-21H,2-3,5,8,11-16H2,1H3. The van der Waals surface area contributed by atoms with E-state index in [0.29, 0.717) is 30.0 Å². The van der Waals surface area contributed by atoms with Crippen LogP contribution in [0.5, 0.6) is 11.5 Å². The summed E-state index contributed by atoms with van der Waals surface area (Å²) in [6.07, 6.45) is 10.3. The third-order valence-electron chi connectivity index (χ3n) is 7.52. The molecule has 0 aromatic heterocycles. The van der Waals surface area contributed by atoms with Gasteiger partial charge in [0.2, 0.25) is 0 Å². The zero-order chi connectivity index (χ0) is 26.4. The molecule has 4 rings (SSSR count). The zero-order valence-electron chi connectivity index (χ0n) is 21.1. The van der Waals surface area contributed by atoms with E-state index in [1.54, 1.807) is 30.3 Å². The van der Waals surface area contributed by atoms with E-state index in [4.69, 9.17) is 4.74 Å². The average Bonchev–Trinajstić information content (AvgIpc) is 2.90. The predicted octanol–water partition coefficient (Wildman–Crippen LogP) is 10.2. The maximum absolute atomic E-state index is 15.8. The molecule has 0 heterocycles. The van der Waals surface area contributed by atoms with Gasteiger partial charge in [0.05, 0.1) is 0 Å². The third kappa shape index (κ3) is 6.71. The van der Waals surface area contributed by atoms with Gasteiger partial charge in [-0.3, -0.25) is 0 Å². The van der Waals surface area contributed by atoms with E-state index in [9.17, 15) is 13.2 Å². The van der Waals surface area contributed by atoms with Gasteiger partial charge < -0.3 is 4.74 Å². The van der Waals surface area contributed by atoms with Crippen molar-refractivity contribution >= 4 is 0 Å². The molecule has 1 saturated carbocycles. The van der Waals surface area contributed by atoms with Gasteiger partial charge >= 0.3 is 0 Å². The molecule has 3 aromatic carbocycles. The molecule has 37 heavy (non-hydrogen) atoms. The third-order valence-corrected chi connectivity index (χ3v) is 7.52. The van der Waals surface area contributed by atoms with E-state index in [1.165, 1.54) is 31.7 Å². The number of rotatable bonds is 10. The number of unbranched alkanes of at least 4 members (excludes halogenated alkanes) is 2. The van der Waals surface area contributed by atoms with Crippen LogP contribution in [0.3, 0.4) is 0 Å². The number of benzene rings is 3. The van der Waals surface area contributed by atoms with Crippen molar-refractivity contribution in [2.75, 3.05) is 0 Å². The van der Waals surface area contributed by atoms with Crippen LogP contribution in [-0.4, -0.2) is 0 Å². The lowest BCUT2D eigenvalue weighted by atomic mass is 9.77. The van der Waals surface area contributed by atoms with Crippen LogP contribution in [0.15, 0.2) is 48.5 Å². The van der Waals surface area contributed by atoms with Crippen LogP contribution in [-0.2, 0) is 6.42 Å². The molecule has 0 radical (unpaired) electrons. The van der Waals surface area contributed by atoms with Crippen LogP contribution in [0.4, 0.5) is 22.0 Å². The SMILES string of the molecule is CCCCCC1CCC(CCc2c(F)cc(-c3ccccc3)c(Oc3cc(F)c(F)c(F)c3)c2F)CC1. The highest BCUT2D eigenvalue weighted by atomic mass is 19.2. The molecule has 1 nitrogen and oxygen atoms in total. The highest BCUT2D eigenvalue weighted by Crippen LogP contribution is 2.41. The Labute approximate surface area is 215 Å². The Morgan fingerprint density at radius 1 is 0.730 bits per heavy atom. The second kappa shape index (κ2) is 12.6. The summed E-state index contributed by atoms with van der Waals surface area (Å²) in [7, 11) is 0. The lowest BCUT2D eigenvalue weighted by molar-refractivity contribution is 0.248. The van der Waals surface area contributed by atoms with Crippen LogP contribution in [0.2, 0.25) is 0 Å². The van der Waals surface area contributed by atoms with Crippen molar-refractivity contribution in [2.24, 2.45) is 11.8 Å². The minimum Gasteiger partial charge on any atom is -0.453 e. The van der Waals surface area contributed by atoms with Gasteiger partial charge in [0.1, 0.15) is 11.6 Å². The molecule has 0 atom stereocenters. The fraction of sp³-hybridized carbons (Fsp3) is 0.419. The summed E-state index contributed by atoms with van der Waals surface area (Å²) >= 11 is 0. The van der Waals surface area contributed by atoms with Gasteiger partial charge in [0.25, 0.3) is 0 Å². The van der Waals surface area contributed by atoms with E-state index in [1.807, 2.05) is 0 Å². The average molecular weight is 517 g/mol. The molecular formula is C31H33F5O. The summed E-state index contributed by atoms with van der Waals surface area (Å²) in [6.45, 7) is 2.20. The largest absolute Gasteiger partial charge is 0.453 e. The maximum atomic E-state index is 15.8. The van der Waals surface area contributed by atoms with Crippen molar-refractivity contribution in [3.8, 4) is 22.6 Å². The second-order valence-corrected chi connectivity index (χ2v) is 10.1. The summed E-state index contributed by atoms with van der Waals surface area (Å²) in [5, 5.41) is 0. The molecule has 1 aliphatic carbocycles. The summed E-state index contributed by atoms with van der Waals surface area (Å²) in [5.41, 5.74) is 0.478. The summed E-state index contributed by atoms with van der Waals surface area (Å²) in [5.74, 6) is -5.74. The van der Waals surface area contributed by atoms with Gasteiger partial charge in [-0.1, -0.05) is 88.6 Å². The van der Waals surface area contributed by atoms with Crippen molar-refractivity contribution in [1.82, 2.24) is 0 Å². The molecule has 6 heteroatoms. The van der Waals surface area contributed by atoms with Crippen LogP contribution < -0.4 is 4.74 Å². The fourth-order valence-electron chi connectivity index (χ4n) is 5.35. The van der Waals surface area contributed by atoms with Crippen molar-refractivity contribution in [1.29, 1.82) is 0 Å². The Morgan fingerprint density at radius 3 is 1.97 bits per heavy atom. The summed E-state index contributed by atoms with van der Waals surface area (Å²) in [6, 6.07) is 11.0. The molecule has 0 spiro atoms. The molecule has 1 fully saturated rings. The Kier molecular flexibility index (Phi) is 9.23. The lowest BCUT2D eigenvalue weighted by Gasteiger charge is -2.28. The van der Waals surface area contributed by atoms with E-state index in [0.717, 1.165) is 31.6 Å². The van der Waals surface area contributed by atoms with E-state index in [-0.39, 0.29) is 23.3 Å². The Hall–Kier alpha value is -2.89. The van der Waals surface area contributed by atoms with Crippen molar-refractivity contribution in [3.63, 3.8) is 0 Å². The topological polar surface area (TPSA) is 9.23 Å². The van der Waals surface area contributed by atoms with Gasteiger partial charge in [0.15, 0.2) is 29.0 Å². The van der Waals surface area contributed by atoms with Gasteiger partial charge in [0, 0.05) is 23.3 Å². The minimum absolute atomic E-state index is 0.108. The Balaban J connectivity index is 1.56. The second-order valence-electron chi connectivity index (χ2n) is 10.1. The first-order valence-electron chi connectivity index (χ1n) is 13.3. The molecule has 0 amide bonds. The monoisotopic (exact) mass is 516 g/mol. The van der Waals surface area contributed by atoms with Gasteiger partial charge in [-0.05, 0) is 36.3 Å². The van der Waals surface area contributed by atoms with Crippen molar-refractivity contribution in [2.45, 2.75) is 71.1 Å². The molecule has 3 aromatic rings. The van der Waals surface area contributed by atoms with E-state index < -0.39 is 34.8 Å². The molecule has 198 valence electrons. The fourth-order valence-corrected chi connectivity index (χ4v) is 5.35. The van der Waals surface area contributed by atoms with Crippen LogP contribution in [0, 0.1) is 40.9 Å². The molecular weight excluding hydrogens is 483 g/mol. The van der Waals surface area contributed by atoms with E-state index in [2.05, 4.69) is 6.92 Å². The molecule has 0 N–H and O–H groups in total. The Bertz CT molecular complexity index is 1160. The van der Waals surface area contributed by atoms with Gasteiger partial charge in [-0.15, -0.1) is 0 Å². The number of hydrogen-bond donors (Lipinski definition) is 0. The first-order valence-corrected chi connectivity index (χ1v) is 13.3. The van der Waals surface area contributed by atoms with Crippen molar-refractivity contribution < 1.29 is 26.7 Å². The van der Waals surface area contributed by atoms with E-state index >= 15 is 8.78 Å². The van der Waals surface area contributed by atoms with Crippen molar-refractivity contribution in [3.05, 3.63) is 83.2 Å². The smallest absolute Gasteiger partial charge is 0.194 e. The maximum Gasteiger partial charge on any atom is 0.194 e. The normalized spacial score (nSPS) is 17.7. The van der Waals surface area contributed by atoms with Crippen LogP contribution in [0.25, 0.3) is 11.1 Å². The predicted molar refractivity (Wildman–Crippen MR) is 136 cm³/mol. The number of ether oxygens (including phenoxy) is 1. The van der Waals surface area contributed by atoms with Crippen LogP contribution >= 0.6 is 0 Å². The number of halogens is 5. The number of hydrogen-bond acceptors (Lipinski definition) is 1. The molecule has 0 unspecified atom stereocenters. The van der Waals surface area contributed by atoms with Crippen LogP contribution in [0.1, 0.15) is 70.3 Å². The first kappa shape index (κ1) is 27.2. The summed E-state index contributed by atoms with van der Waals surface area (Å²) < 4.78 is 77.6. The Morgan fingerprint density at radius 2 is 1.35 bits per heavy atom. The van der Waals surface area contributed by atoms with Gasteiger partial charge in [-0.2, -0.15) is 0 Å². The molecule has 0 saturated heterocycles. The zero-order valence-corrected chi connectivity index (χ0v) is 21.1. The molecule has 0 aliphatic heterocycles. The lowest BCUT2D eigenvalue weighted by Crippen LogP contribution is -2.15. The molecule has 0 bridgehead atoms. The van der Waals surface area contributed by atoms with Gasteiger partial charge in [-0.25, -0.2) is 22.0 Å². The quantitative estimate of drug-likeness (QED) is 0.148. The molecule has 1 aliphatic rings. The summed E-state index contributed by atoms with van der Waals surface area (Å²) in [4.78, 5) is 0. The minimum atomic E-state index is -1.64.